The van der Waals surface area contributed by atoms with E-state index in [2.05, 4.69) is 10.3 Å². The van der Waals surface area contributed by atoms with Crippen LogP contribution in [0.5, 0.6) is 0 Å². The van der Waals surface area contributed by atoms with Crippen molar-refractivity contribution in [2.24, 2.45) is 0 Å². The van der Waals surface area contributed by atoms with Crippen molar-refractivity contribution in [3.05, 3.63) is 35.5 Å². The average molecular weight is 260 g/mol. The fourth-order valence-electron chi connectivity index (χ4n) is 2.25. The van der Waals surface area contributed by atoms with Gasteiger partial charge in [-0.25, -0.2) is 4.79 Å². The Hall–Kier alpha value is -2.30. The number of H-pyrrole nitrogens is 1. The number of rotatable bonds is 4. The lowest BCUT2D eigenvalue weighted by molar-refractivity contribution is -0.141. The van der Waals surface area contributed by atoms with Gasteiger partial charge in [-0.1, -0.05) is 18.2 Å². The first kappa shape index (κ1) is 13.1. The third-order valence-corrected chi connectivity index (χ3v) is 3.11. The van der Waals surface area contributed by atoms with Crippen LogP contribution in [-0.2, 0) is 16.0 Å². The van der Waals surface area contributed by atoms with E-state index in [1.807, 2.05) is 31.2 Å². The number of amides is 1. The van der Waals surface area contributed by atoms with Crippen LogP contribution in [0, 0.1) is 6.92 Å². The molecule has 0 aliphatic rings. The van der Waals surface area contributed by atoms with Gasteiger partial charge in [0.15, 0.2) is 0 Å². The molecule has 0 fully saturated rings. The fraction of sp³-hybridized carbons (Fsp3) is 0.286. The van der Waals surface area contributed by atoms with Crippen molar-refractivity contribution in [1.29, 1.82) is 0 Å². The van der Waals surface area contributed by atoms with E-state index in [4.69, 9.17) is 5.11 Å². The Kier molecular flexibility index (Phi) is 3.55. The van der Waals surface area contributed by atoms with E-state index in [-0.39, 0.29) is 12.3 Å². The summed E-state index contributed by atoms with van der Waals surface area (Å²) < 4.78 is 0. The van der Waals surface area contributed by atoms with Crippen molar-refractivity contribution in [2.45, 2.75) is 26.3 Å². The molecule has 2 rings (SSSR count). The van der Waals surface area contributed by atoms with Crippen LogP contribution in [0.1, 0.15) is 18.2 Å². The maximum Gasteiger partial charge on any atom is 0.326 e. The van der Waals surface area contributed by atoms with Gasteiger partial charge in [-0.15, -0.1) is 0 Å². The van der Waals surface area contributed by atoms with Crippen LogP contribution in [0.4, 0.5) is 0 Å². The van der Waals surface area contributed by atoms with E-state index in [1.165, 1.54) is 6.92 Å². The average Bonchev–Trinajstić information content (AvgIpc) is 2.64. The smallest absolute Gasteiger partial charge is 0.326 e. The molecule has 0 saturated carbocycles. The predicted molar refractivity (Wildman–Crippen MR) is 72.0 cm³/mol. The summed E-state index contributed by atoms with van der Waals surface area (Å²) in [5.74, 6) is -1.37. The van der Waals surface area contributed by atoms with Crippen LogP contribution in [0.3, 0.4) is 0 Å². The molecule has 0 aliphatic heterocycles. The highest BCUT2D eigenvalue weighted by Gasteiger charge is 2.21. The Morgan fingerprint density at radius 2 is 2.05 bits per heavy atom. The molecule has 1 aromatic carbocycles. The lowest BCUT2D eigenvalue weighted by atomic mass is 10.0. The lowest BCUT2D eigenvalue weighted by Crippen LogP contribution is -2.41. The molecule has 1 aromatic heterocycles. The molecule has 1 heterocycles. The van der Waals surface area contributed by atoms with Gasteiger partial charge < -0.3 is 15.4 Å². The van der Waals surface area contributed by atoms with Crippen molar-refractivity contribution in [3.63, 3.8) is 0 Å². The molecule has 0 radical (unpaired) electrons. The maximum atomic E-state index is 11.2. The number of aliphatic carboxylic acids is 1. The Balaban J connectivity index is 2.35. The number of para-hydroxylation sites is 1. The van der Waals surface area contributed by atoms with Crippen LogP contribution in [0.25, 0.3) is 10.9 Å². The van der Waals surface area contributed by atoms with Gasteiger partial charge in [-0.05, 0) is 18.6 Å². The van der Waals surface area contributed by atoms with E-state index in [9.17, 15) is 9.59 Å². The van der Waals surface area contributed by atoms with Crippen molar-refractivity contribution in [3.8, 4) is 0 Å². The van der Waals surface area contributed by atoms with E-state index in [0.29, 0.717) is 0 Å². The topological polar surface area (TPSA) is 82.2 Å². The highest BCUT2D eigenvalue weighted by molar-refractivity contribution is 5.87. The van der Waals surface area contributed by atoms with E-state index in [1.54, 1.807) is 0 Å². The number of aromatic nitrogens is 1. The van der Waals surface area contributed by atoms with Crippen molar-refractivity contribution in [2.75, 3.05) is 0 Å². The van der Waals surface area contributed by atoms with Crippen LogP contribution < -0.4 is 5.32 Å². The first-order chi connectivity index (χ1) is 8.99. The summed E-state index contributed by atoms with van der Waals surface area (Å²) in [5.41, 5.74) is 2.83. The summed E-state index contributed by atoms with van der Waals surface area (Å²) in [4.78, 5) is 25.5. The normalized spacial score (nSPS) is 12.3. The molecule has 1 atom stereocenters. The monoisotopic (exact) mass is 260 g/mol. The zero-order chi connectivity index (χ0) is 14.0. The molecular formula is C14H16N2O3. The molecule has 100 valence electrons. The second-order valence-corrected chi connectivity index (χ2v) is 4.57. The first-order valence-corrected chi connectivity index (χ1v) is 6.05. The number of hydrogen-bond donors (Lipinski definition) is 3. The quantitative estimate of drug-likeness (QED) is 0.781. The third-order valence-electron chi connectivity index (χ3n) is 3.11. The molecule has 0 bridgehead atoms. The van der Waals surface area contributed by atoms with Crippen LogP contribution in [0.15, 0.2) is 24.3 Å². The Morgan fingerprint density at radius 1 is 1.37 bits per heavy atom. The zero-order valence-electron chi connectivity index (χ0n) is 10.9. The molecule has 1 amide bonds. The number of benzene rings is 1. The van der Waals surface area contributed by atoms with Gasteiger partial charge in [0.2, 0.25) is 5.91 Å². The van der Waals surface area contributed by atoms with Gasteiger partial charge in [-0.2, -0.15) is 0 Å². The van der Waals surface area contributed by atoms with Crippen molar-refractivity contribution in [1.82, 2.24) is 10.3 Å². The minimum absolute atomic E-state index is 0.269. The number of nitrogens with one attached hydrogen (secondary N) is 2. The molecule has 3 N–H and O–H groups in total. The Bertz CT molecular complexity index is 631. The summed E-state index contributed by atoms with van der Waals surface area (Å²) in [5, 5.41) is 12.6. The number of hydrogen-bond acceptors (Lipinski definition) is 2. The molecular weight excluding hydrogens is 244 g/mol. The molecule has 5 heteroatoms. The highest BCUT2D eigenvalue weighted by atomic mass is 16.4. The third kappa shape index (κ3) is 2.76. The number of fused-ring (bicyclic) bond motifs is 1. The van der Waals surface area contributed by atoms with Gasteiger partial charge in [0, 0.05) is 29.9 Å². The van der Waals surface area contributed by atoms with Gasteiger partial charge in [0.25, 0.3) is 0 Å². The lowest BCUT2D eigenvalue weighted by Gasteiger charge is -2.13. The zero-order valence-corrected chi connectivity index (χ0v) is 10.9. The largest absolute Gasteiger partial charge is 0.480 e. The van der Waals surface area contributed by atoms with Crippen LogP contribution >= 0.6 is 0 Å². The van der Waals surface area contributed by atoms with E-state index < -0.39 is 12.0 Å². The number of carboxylic acids is 1. The fourth-order valence-corrected chi connectivity index (χ4v) is 2.25. The molecule has 0 saturated heterocycles. The van der Waals surface area contributed by atoms with Crippen molar-refractivity contribution < 1.29 is 14.7 Å². The number of aryl methyl sites for hydroxylation is 1. The number of aromatic amines is 1. The minimum atomic E-state index is -1.03. The molecule has 5 nitrogen and oxygen atoms in total. The van der Waals surface area contributed by atoms with Gasteiger partial charge in [0.1, 0.15) is 6.04 Å². The van der Waals surface area contributed by atoms with Gasteiger partial charge >= 0.3 is 5.97 Å². The highest BCUT2D eigenvalue weighted by Crippen LogP contribution is 2.23. The van der Waals surface area contributed by atoms with E-state index in [0.717, 1.165) is 22.2 Å². The summed E-state index contributed by atoms with van der Waals surface area (Å²) in [6.07, 6.45) is 0.269. The second-order valence-electron chi connectivity index (χ2n) is 4.57. The molecule has 0 unspecified atom stereocenters. The summed E-state index contributed by atoms with van der Waals surface area (Å²) in [6.45, 7) is 3.22. The number of carbonyl (C=O) groups excluding carboxylic acids is 1. The molecule has 0 aliphatic carbocycles. The van der Waals surface area contributed by atoms with Crippen LogP contribution in [0.2, 0.25) is 0 Å². The van der Waals surface area contributed by atoms with Gasteiger partial charge in [0.05, 0.1) is 0 Å². The maximum absolute atomic E-state index is 11.2. The molecule has 19 heavy (non-hydrogen) atoms. The summed E-state index contributed by atoms with van der Waals surface area (Å²) in [6, 6.07) is 6.81. The summed E-state index contributed by atoms with van der Waals surface area (Å²) >= 11 is 0. The van der Waals surface area contributed by atoms with Gasteiger partial charge in [-0.3, -0.25) is 4.79 Å². The van der Waals surface area contributed by atoms with E-state index >= 15 is 0 Å². The number of carbonyl (C=O) groups is 2. The molecule has 0 spiro atoms. The Morgan fingerprint density at radius 3 is 2.68 bits per heavy atom. The van der Waals surface area contributed by atoms with Crippen LogP contribution in [-0.4, -0.2) is 28.0 Å². The van der Waals surface area contributed by atoms with Crippen molar-refractivity contribution >= 4 is 22.8 Å². The first-order valence-electron chi connectivity index (χ1n) is 6.05. The Labute approximate surface area is 110 Å². The SMILES string of the molecule is CC(=O)N[C@@H](Cc1c(C)[nH]c2ccccc12)C(=O)O. The predicted octanol–water partition coefficient (Wildman–Crippen LogP) is 1.61. The summed E-state index contributed by atoms with van der Waals surface area (Å²) in [7, 11) is 0. The number of carboxylic acid groups (broad SMARTS) is 1. The standard InChI is InChI=1S/C14H16N2O3/c1-8-11(7-13(14(18)19)16-9(2)17)10-5-3-4-6-12(10)15-8/h3-6,13,15H,7H2,1-2H3,(H,16,17)(H,18,19)/t13-/m0/s1. The minimum Gasteiger partial charge on any atom is -0.480 e. The second kappa shape index (κ2) is 5.14. The molecule has 2 aromatic rings.